The van der Waals surface area contributed by atoms with Gasteiger partial charge in [0.2, 0.25) is 0 Å². The van der Waals surface area contributed by atoms with E-state index in [1.54, 1.807) is 25.3 Å². The first kappa shape index (κ1) is 28.8. The molecule has 0 fully saturated rings. The Morgan fingerprint density at radius 2 is 1.64 bits per heavy atom. The number of hydrogen-bond donors (Lipinski definition) is 1. The summed E-state index contributed by atoms with van der Waals surface area (Å²) in [5.41, 5.74) is 7.55. The first-order chi connectivity index (χ1) is 20.4. The van der Waals surface area contributed by atoms with Crippen molar-refractivity contribution in [2.24, 2.45) is 5.10 Å². The number of hydrogen-bond acceptors (Lipinski definition) is 6. The molecule has 8 nitrogen and oxygen atoms in total. The Labute approximate surface area is 252 Å². The Morgan fingerprint density at radius 3 is 2.36 bits per heavy atom. The van der Waals surface area contributed by atoms with Crippen molar-refractivity contribution in [3.05, 3.63) is 130 Å². The summed E-state index contributed by atoms with van der Waals surface area (Å²) >= 11 is 3.44. The van der Waals surface area contributed by atoms with Crippen molar-refractivity contribution >= 4 is 28.1 Å². The number of furan rings is 1. The Bertz CT molecular complexity index is 1670. The highest BCUT2D eigenvalue weighted by Gasteiger charge is 2.13. The number of amides is 1. The molecule has 0 unspecified atom stereocenters. The van der Waals surface area contributed by atoms with Gasteiger partial charge in [-0.05, 0) is 92.2 Å². The maximum absolute atomic E-state index is 12.7. The van der Waals surface area contributed by atoms with E-state index >= 15 is 0 Å². The SMILES string of the molecule is COc1cccc(C=NNC(=O)c2ccc(COc3ccc(-n4c(C)ccc4C)cc3)o2)c1OCc1ccc(Br)cc1. The van der Waals surface area contributed by atoms with Crippen LogP contribution in [0.15, 0.2) is 105 Å². The Hall–Kier alpha value is -4.76. The van der Waals surface area contributed by atoms with Gasteiger partial charge in [0.1, 0.15) is 24.7 Å². The molecule has 5 rings (SSSR count). The smallest absolute Gasteiger partial charge is 0.307 e. The van der Waals surface area contributed by atoms with E-state index < -0.39 is 5.91 Å². The molecule has 0 aliphatic heterocycles. The summed E-state index contributed by atoms with van der Waals surface area (Å²) in [6.07, 6.45) is 1.50. The van der Waals surface area contributed by atoms with Gasteiger partial charge in [0, 0.05) is 27.1 Å². The number of halogens is 1. The van der Waals surface area contributed by atoms with Gasteiger partial charge in [-0.1, -0.05) is 34.1 Å². The van der Waals surface area contributed by atoms with Crippen molar-refractivity contribution in [3.63, 3.8) is 0 Å². The van der Waals surface area contributed by atoms with Gasteiger partial charge in [0.05, 0.1) is 13.3 Å². The number of aromatic nitrogens is 1. The first-order valence-corrected chi connectivity index (χ1v) is 14.0. The Kier molecular flexibility index (Phi) is 9.08. The van der Waals surface area contributed by atoms with Crippen LogP contribution in [0.4, 0.5) is 0 Å². The number of carbonyl (C=O) groups excluding carboxylic acids is 1. The third-order valence-corrected chi connectivity index (χ3v) is 7.06. The maximum atomic E-state index is 12.7. The highest BCUT2D eigenvalue weighted by Crippen LogP contribution is 2.31. The molecule has 0 atom stereocenters. The van der Waals surface area contributed by atoms with E-state index in [2.05, 4.69) is 57.0 Å². The van der Waals surface area contributed by atoms with Gasteiger partial charge in [-0.25, -0.2) is 5.43 Å². The summed E-state index contributed by atoms with van der Waals surface area (Å²) < 4.78 is 26.2. The topological polar surface area (TPSA) is 87.2 Å². The van der Waals surface area contributed by atoms with E-state index in [1.165, 1.54) is 17.6 Å². The third-order valence-electron chi connectivity index (χ3n) is 6.53. The number of benzene rings is 3. The number of aryl methyl sites for hydroxylation is 2. The van der Waals surface area contributed by atoms with Crippen LogP contribution < -0.4 is 19.6 Å². The average Bonchev–Trinajstić information content (AvgIpc) is 3.62. The van der Waals surface area contributed by atoms with Gasteiger partial charge in [-0.2, -0.15) is 5.10 Å². The van der Waals surface area contributed by atoms with Crippen LogP contribution in [-0.4, -0.2) is 23.8 Å². The summed E-state index contributed by atoms with van der Waals surface area (Å²) in [6.45, 7) is 4.67. The van der Waals surface area contributed by atoms with Crippen molar-refractivity contribution in [1.82, 2.24) is 9.99 Å². The molecule has 1 N–H and O–H groups in total. The third kappa shape index (κ3) is 6.92. The van der Waals surface area contributed by atoms with Gasteiger partial charge in [-0.3, -0.25) is 4.79 Å². The number of carbonyl (C=O) groups is 1. The standard InChI is InChI=1S/C33H30BrN3O5/c1-22-7-8-23(2)37(22)27-13-15-28(16-14-27)40-21-29-17-18-31(42-29)33(38)36-35-19-25-5-4-6-30(39-3)32(25)41-20-24-9-11-26(34)12-10-24/h4-19H,20-21H2,1-3H3,(H,36,38). The largest absolute Gasteiger partial charge is 0.493 e. The molecule has 0 radical (unpaired) electrons. The van der Waals surface area contributed by atoms with Crippen LogP contribution in [-0.2, 0) is 13.2 Å². The number of rotatable bonds is 11. The predicted octanol–water partition coefficient (Wildman–Crippen LogP) is 7.38. The molecule has 9 heteroatoms. The Balaban J connectivity index is 1.17. The summed E-state index contributed by atoms with van der Waals surface area (Å²) in [5.74, 6) is 1.93. The lowest BCUT2D eigenvalue weighted by Crippen LogP contribution is -2.17. The molecule has 42 heavy (non-hydrogen) atoms. The normalized spacial score (nSPS) is 11.0. The molecule has 0 spiro atoms. The minimum absolute atomic E-state index is 0.122. The molecular weight excluding hydrogens is 598 g/mol. The van der Waals surface area contributed by atoms with E-state index in [9.17, 15) is 4.79 Å². The van der Waals surface area contributed by atoms with Crippen LogP contribution in [0, 0.1) is 13.8 Å². The Morgan fingerprint density at radius 1 is 0.905 bits per heavy atom. The molecule has 5 aromatic rings. The molecule has 0 aliphatic carbocycles. The van der Waals surface area contributed by atoms with E-state index in [1.807, 2.05) is 60.7 Å². The van der Waals surface area contributed by atoms with Crippen LogP contribution in [0.3, 0.4) is 0 Å². The molecule has 0 saturated heterocycles. The fourth-order valence-corrected chi connectivity index (χ4v) is 4.66. The van der Waals surface area contributed by atoms with Gasteiger partial charge >= 0.3 is 5.91 Å². The zero-order valence-corrected chi connectivity index (χ0v) is 25.1. The fraction of sp³-hybridized carbons (Fsp3) is 0.152. The zero-order chi connectivity index (χ0) is 29.5. The maximum Gasteiger partial charge on any atom is 0.307 e. The van der Waals surface area contributed by atoms with Gasteiger partial charge in [0.15, 0.2) is 17.3 Å². The second kappa shape index (κ2) is 13.3. The quantitative estimate of drug-likeness (QED) is 0.122. The van der Waals surface area contributed by atoms with Gasteiger partial charge in [-0.15, -0.1) is 0 Å². The molecule has 2 heterocycles. The van der Waals surface area contributed by atoms with Gasteiger partial charge < -0.3 is 23.2 Å². The first-order valence-electron chi connectivity index (χ1n) is 13.3. The van der Waals surface area contributed by atoms with Crippen molar-refractivity contribution in [3.8, 4) is 22.9 Å². The van der Waals surface area contributed by atoms with E-state index in [-0.39, 0.29) is 12.4 Å². The number of hydrazone groups is 1. The number of ether oxygens (including phenoxy) is 3. The van der Waals surface area contributed by atoms with Crippen molar-refractivity contribution in [1.29, 1.82) is 0 Å². The molecule has 1 amide bonds. The van der Waals surface area contributed by atoms with Crippen molar-refractivity contribution < 1.29 is 23.4 Å². The van der Waals surface area contributed by atoms with E-state index in [0.717, 1.165) is 15.7 Å². The van der Waals surface area contributed by atoms with Crippen molar-refractivity contribution in [2.75, 3.05) is 7.11 Å². The number of methoxy groups -OCH3 is 1. The molecule has 3 aromatic carbocycles. The van der Waals surface area contributed by atoms with Crippen LogP contribution in [0.2, 0.25) is 0 Å². The molecule has 214 valence electrons. The highest BCUT2D eigenvalue weighted by atomic mass is 79.9. The predicted molar refractivity (Wildman–Crippen MR) is 165 cm³/mol. The lowest BCUT2D eigenvalue weighted by atomic mass is 10.2. The molecule has 0 saturated carbocycles. The number of nitrogens with one attached hydrogen (secondary N) is 1. The minimum Gasteiger partial charge on any atom is -0.493 e. The van der Waals surface area contributed by atoms with E-state index in [4.69, 9.17) is 18.6 Å². The highest BCUT2D eigenvalue weighted by molar-refractivity contribution is 9.10. The number of nitrogens with zero attached hydrogens (tertiary/aromatic N) is 2. The fourth-order valence-electron chi connectivity index (χ4n) is 4.40. The molecule has 2 aromatic heterocycles. The lowest BCUT2D eigenvalue weighted by Gasteiger charge is -2.13. The van der Waals surface area contributed by atoms with Crippen LogP contribution in [0.1, 0.15) is 38.8 Å². The summed E-state index contributed by atoms with van der Waals surface area (Å²) in [7, 11) is 1.57. The van der Waals surface area contributed by atoms with Gasteiger partial charge in [0.25, 0.3) is 0 Å². The second-order valence-electron chi connectivity index (χ2n) is 9.49. The summed E-state index contributed by atoms with van der Waals surface area (Å²) in [5, 5.41) is 4.11. The molecular formula is C33H30BrN3O5. The summed E-state index contributed by atoms with van der Waals surface area (Å²) in [6, 6.07) is 28.6. The van der Waals surface area contributed by atoms with Crippen molar-refractivity contribution in [2.45, 2.75) is 27.1 Å². The van der Waals surface area contributed by atoms with Crippen LogP contribution >= 0.6 is 15.9 Å². The summed E-state index contributed by atoms with van der Waals surface area (Å²) in [4.78, 5) is 12.7. The van der Waals surface area contributed by atoms with Crippen LogP contribution in [0.5, 0.6) is 17.2 Å². The molecule has 0 aliphatic rings. The second-order valence-corrected chi connectivity index (χ2v) is 10.4. The van der Waals surface area contributed by atoms with E-state index in [0.29, 0.717) is 35.2 Å². The minimum atomic E-state index is -0.487. The monoisotopic (exact) mass is 627 g/mol. The van der Waals surface area contributed by atoms with Crippen LogP contribution in [0.25, 0.3) is 5.69 Å². The zero-order valence-electron chi connectivity index (χ0n) is 23.5. The number of para-hydroxylation sites is 1. The molecule has 0 bridgehead atoms. The lowest BCUT2D eigenvalue weighted by molar-refractivity contribution is 0.0923. The average molecular weight is 629 g/mol.